The Balaban J connectivity index is 1.75. The van der Waals surface area contributed by atoms with Crippen molar-refractivity contribution in [3.63, 3.8) is 0 Å². The SMILES string of the molecule is Cc1nc(N[C@H](C)c2cccc(C(F)F)c2F)c2cc(N3CCC(C)(N)CC3)c(OCC(F)F)nc2n1. The fourth-order valence-corrected chi connectivity index (χ4v) is 4.33. The normalized spacial score (nSPS) is 16.5. The molecule has 2 aromatic heterocycles. The van der Waals surface area contributed by atoms with Gasteiger partial charge in [0.1, 0.15) is 23.1 Å². The summed E-state index contributed by atoms with van der Waals surface area (Å²) in [6.07, 6.45) is -4.30. The number of aromatic nitrogens is 3. The van der Waals surface area contributed by atoms with Crippen LogP contribution in [0.25, 0.3) is 11.0 Å². The van der Waals surface area contributed by atoms with E-state index in [2.05, 4.69) is 20.3 Å². The molecule has 0 radical (unpaired) electrons. The molecule has 4 rings (SSSR count). The van der Waals surface area contributed by atoms with Crippen molar-refractivity contribution in [1.29, 1.82) is 0 Å². The summed E-state index contributed by atoms with van der Waals surface area (Å²) in [5.74, 6) is -0.360. The molecule has 1 aliphatic heterocycles. The zero-order valence-electron chi connectivity index (χ0n) is 20.7. The summed E-state index contributed by atoms with van der Waals surface area (Å²) >= 11 is 0. The molecule has 0 bridgehead atoms. The van der Waals surface area contributed by atoms with Gasteiger partial charge in [0.2, 0.25) is 5.88 Å². The van der Waals surface area contributed by atoms with Crippen molar-refractivity contribution in [1.82, 2.24) is 15.0 Å². The van der Waals surface area contributed by atoms with E-state index in [4.69, 9.17) is 10.5 Å². The van der Waals surface area contributed by atoms with Gasteiger partial charge in [0, 0.05) is 24.2 Å². The number of pyridine rings is 1. The minimum absolute atomic E-state index is 0.0150. The number of halogens is 5. The number of fused-ring (bicyclic) bond motifs is 1. The third-order valence-electron chi connectivity index (χ3n) is 6.45. The third-order valence-corrected chi connectivity index (χ3v) is 6.45. The van der Waals surface area contributed by atoms with E-state index in [0.717, 1.165) is 6.07 Å². The van der Waals surface area contributed by atoms with Crippen LogP contribution in [0, 0.1) is 12.7 Å². The zero-order valence-corrected chi connectivity index (χ0v) is 20.7. The fraction of sp³-hybridized carbons (Fsp3) is 0.480. The predicted octanol–water partition coefficient (Wildman–Crippen LogP) is 5.54. The lowest BCUT2D eigenvalue weighted by molar-refractivity contribution is 0.0799. The van der Waals surface area contributed by atoms with Crippen LogP contribution in [0.5, 0.6) is 5.88 Å². The smallest absolute Gasteiger partial charge is 0.272 e. The second-order valence-electron chi connectivity index (χ2n) is 9.56. The van der Waals surface area contributed by atoms with E-state index in [-0.39, 0.29) is 22.6 Å². The Labute approximate surface area is 211 Å². The molecule has 0 unspecified atom stereocenters. The maximum absolute atomic E-state index is 14.8. The predicted molar refractivity (Wildman–Crippen MR) is 131 cm³/mol. The molecule has 0 saturated carbocycles. The average molecular weight is 525 g/mol. The number of piperidine rings is 1. The van der Waals surface area contributed by atoms with Crippen LogP contribution in [0.3, 0.4) is 0 Å². The Kier molecular flexibility index (Phi) is 7.67. The molecule has 1 aromatic carbocycles. The van der Waals surface area contributed by atoms with Crippen LogP contribution in [0.15, 0.2) is 24.3 Å². The number of nitrogens with zero attached hydrogens (tertiary/aromatic N) is 4. The highest BCUT2D eigenvalue weighted by atomic mass is 19.3. The van der Waals surface area contributed by atoms with Crippen molar-refractivity contribution in [2.75, 3.05) is 29.9 Å². The van der Waals surface area contributed by atoms with Crippen LogP contribution < -0.4 is 20.7 Å². The number of ether oxygens (including phenoxy) is 1. The van der Waals surface area contributed by atoms with Crippen molar-refractivity contribution < 1.29 is 26.7 Å². The Morgan fingerprint density at radius 3 is 2.43 bits per heavy atom. The van der Waals surface area contributed by atoms with Crippen LogP contribution in [0.2, 0.25) is 0 Å². The first-order chi connectivity index (χ1) is 17.4. The first kappa shape index (κ1) is 26.8. The van der Waals surface area contributed by atoms with Gasteiger partial charge in [-0.3, -0.25) is 0 Å². The highest BCUT2D eigenvalue weighted by Crippen LogP contribution is 2.36. The summed E-state index contributed by atoms with van der Waals surface area (Å²) in [5.41, 5.74) is 5.95. The number of rotatable bonds is 8. The molecular weight excluding hydrogens is 495 g/mol. The van der Waals surface area contributed by atoms with Crippen molar-refractivity contribution in [3.8, 4) is 5.88 Å². The van der Waals surface area contributed by atoms with Gasteiger partial charge in [-0.2, -0.15) is 4.98 Å². The molecular formula is C25H29F5N6O. The summed E-state index contributed by atoms with van der Waals surface area (Å²) in [6, 6.07) is 4.80. The molecule has 3 heterocycles. The average Bonchev–Trinajstić information content (AvgIpc) is 2.82. The summed E-state index contributed by atoms with van der Waals surface area (Å²) in [4.78, 5) is 15.1. The third kappa shape index (κ3) is 6.00. The Hall–Kier alpha value is -3.28. The monoisotopic (exact) mass is 524 g/mol. The van der Waals surface area contributed by atoms with E-state index >= 15 is 0 Å². The number of nitrogens with one attached hydrogen (secondary N) is 1. The zero-order chi connectivity index (χ0) is 26.9. The first-order valence-corrected chi connectivity index (χ1v) is 11.9. The highest BCUT2D eigenvalue weighted by Gasteiger charge is 2.29. The van der Waals surface area contributed by atoms with E-state index in [9.17, 15) is 22.0 Å². The lowest BCUT2D eigenvalue weighted by Crippen LogP contribution is -2.48. The molecule has 37 heavy (non-hydrogen) atoms. The van der Waals surface area contributed by atoms with Gasteiger partial charge in [-0.05, 0) is 39.7 Å². The van der Waals surface area contributed by atoms with Gasteiger partial charge in [0.15, 0.2) is 12.3 Å². The van der Waals surface area contributed by atoms with E-state index in [1.807, 2.05) is 11.8 Å². The number of anilines is 2. The van der Waals surface area contributed by atoms with Gasteiger partial charge in [-0.1, -0.05) is 18.2 Å². The standard InChI is InChI=1S/C25H29F5N6O/c1-13(15-5-4-6-16(20(15)28)21(29)30)32-22-17-11-18(36-9-7-25(3,31)8-10-36)24(37-12-19(26)27)35-23(17)34-14(2)33-22/h4-6,11,13,19,21H,7-10,12,31H2,1-3H3,(H,32,33,34,35)/t13-/m1/s1. The van der Waals surface area contributed by atoms with Crippen molar-refractivity contribution in [3.05, 3.63) is 47.0 Å². The van der Waals surface area contributed by atoms with Crippen molar-refractivity contribution in [2.24, 2.45) is 5.73 Å². The minimum atomic E-state index is -2.95. The van der Waals surface area contributed by atoms with Gasteiger partial charge in [-0.15, -0.1) is 0 Å². The van der Waals surface area contributed by atoms with Crippen LogP contribution in [0.4, 0.5) is 33.5 Å². The maximum atomic E-state index is 14.8. The Morgan fingerprint density at radius 1 is 1.11 bits per heavy atom. The molecule has 1 fully saturated rings. The largest absolute Gasteiger partial charge is 0.470 e. The molecule has 3 N–H and O–H groups in total. The van der Waals surface area contributed by atoms with Gasteiger partial charge in [-0.25, -0.2) is 31.9 Å². The first-order valence-electron chi connectivity index (χ1n) is 11.9. The molecule has 200 valence electrons. The van der Waals surface area contributed by atoms with Crippen molar-refractivity contribution in [2.45, 2.75) is 58.0 Å². The lowest BCUT2D eigenvalue weighted by atomic mass is 9.91. The van der Waals surface area contributed by atoms with E-state index in [1.54, 1.807) is 19.9 Å². The van der Waals surface area contributed by atoms with Gasteiger partial charge in [0.05, 0.1) is 17.0 Å². The van der Waals surface area contributed by atoms with E-state index in [0.29, 0.717) is 48.6 Å². The van der Waals surface area contributed by atoms with Crippen molar-refractivity contribution >= 4 is 22.5 Å². The number of hydrogen-bond donors (Lipinski definition) is 2. The number of nitrogens with two attached hydrogens (primary N) is 1. The molecule has 1 saturated heterocycles. The molecule has 3 aromatic rings. The van der Waals surface area contributed by atoms with Crippen LogP contribution in [0.1, 0.15) is 56.1 Å². The van der Waals surface area contributed by atoms with Gasteiger partial charge in [0.25, 0.3) is 12.9 Å². The quantitative estimate of drug-likeness (QED) is 0.374. The minimum Gasteiger partial charge on any atom is -0.470 e. The Bertz CT molecular complexity index is 1260. The summed E-state index contributed by atoms with van der Waals surface area (Å²) < 4.78 is 72.5. The summed E-state index contributed by atoms with van der Waals surface area (Å²) in [5, 5.41) is 3.53. The lowest BCUT2D eigenvalue weighted by Gasteiger charge is -2.38. The maximum Gasteiger partial charge on any atom is 0.272 e. The number of aryl methyl sites for hydroxylation is 1. The van der Waals surface area contributed by atoms with E-state index < -0.39 is 36.9 Å². The van der Waals surface area contributed by atoms with Crippen LogP contribution in [-0.4, -0.2) is 46.6 Å². The van der Waals surface area contributed by atoms with E-state index in [1.165, 1.54) is 12.1 Å². The van der Waals surface area contributed by atoms with Gasteiger partial charge >= 0.3 is 0 Å². The molecule has 0 amide bonds. The second kappa shape index (κ2) is 10.6. The molecule has 7 nitrogen and oxygen atoms in total. The fourth-order valence-electron chi connectivity index (χ4n) is 4.33. The number of benzene rings is 1. The Morgan fingerprint density at radius 2 is 1.78 bits per heavy atom. The molecule has 1 aliphatic rings. The number of alkyl halides is 4. The van der Waals surface area contributed by atoms with Gasteiger partial charge < -0.3 is 20.7 Å². The summed E-state index contributed by atoms with van der Waals surface area (Å²) in [7, 11) is 0. The molecule has 1 atom stereocenters. The van der Waals surface area contributed by atoms with Crippen LogP contribution in [-0.2, 0) is 0 Å². The topological polar surface area (TPSA) is 89.2 Å². The van der Waals surface area contributed by atoms with Crippen LogP contribution >= 0.6 is 0 Å². The number of hydrogen-bond acceptors (Lipinski definition) is 7. The molecule has 0 spiro atoms. The second-order valence-corrected chi connectivity index (χ2v) is 9.56. The summed E-state index contributed by atoms with van der Waals surface area (Å²) in [6.45, 7) is 5.48. The highest BCUT2D eigenvalue weighted by molar-refractivity contribution is 5.90. The molecule has 12 heteroatoms. The molecule has 0 aliphatic carbocycles.